The molecule has 2 atom stereocenters. The molecule has 2 N–H and O–H groups in total. The number of hydrogen-bond donors (Lipinski definition) is 1. The normalized spacial score (nSPS) is 19.8. The Morgan fingerprint density at radius 1 is 0.929 bits per heavy atom. The van der Waals surface area contributed by atoms with E-state index in [9.17, 15) is 0 Å². The Hall–Kier alpha value is -2.69. The SMILES string of the molecule is COc1ccc2c(c1)CCCC2N.COc1ccc2c(c1)CCCC2N=[N+]=[N-]. The van der Waals surface area contributed by atoms with Crippen molar-refractivity contribution in [1.29, 1.82) is 0 Å². The highest BCUT2D eigenvalue weighted by Crippen LogP contribution is 2.34. The minimum absolute atomic E-state index is 0.00431. The maximum absolute atomic E-state index is 8.48. The fraction of sp³-hybridized carbons (Fsp3) is 0.455. The monoisotopic (exact) mass is 380 g/mol. The van der Waals surface area contributed by atoms with Crippen molar-refractivity contribution in [2.24, 2.45) is 10.8 Å². The van der Waals surface area contributed by atoms with E-state index in [1.165, 1.54) is 23.1 Å². The molecule has 0 spiro atoms. The number of nitrogens with two attached hydrogens (primary N) is 1. The molecule has 0 amide bonds. The van der Waals surface area contributed by atoms with Crippen molar-refractivity contribution in [1.82, 2.24) is 0 Å². The summed E-state index contributed by atoms with van der Waals surface area (Å²) in [6.45, 7) is 0. The molecule has 0 saturated heterocycles. The van der Waals surface area contributed by atoms with Gasteiger partial charge in [0.1, 0.15) is 11.5 Å². The number of hydrogen-bond acceptors (Lipinski definition) is 4. The van der Waals surface area contributed by atoms with E-state index < -0.39 is 0 Å². The average Bonchev–Trinajstić information content (AvgIpc) is 2.74. The van der Waals surface area contributed by atoms with Crippen molar-refractivity contribution in [3.8, 4) is 11.5 Å². The standard InChI is InChI=1S/C11H13N3O.C11H15NO/c1-15-9-5-6-10-8(7-9)3-2-4-11(10)13-14-12;1-13-9-5-6-10-8(7-9)3-2-4-11(10)12/h5-7,11H,2-4H2,1H3;5-7,11H,2-4,12H2,1H3. The van der Waals surface area contributed by atoms with Gasteiger partial charge in [0.05, 0.1) is 20.3 Å². The molecular formula is C22H28N4O2. The van der Waals surface area contributed by atoms with Crippen molar-refractivity contribution in [2.75, 3.05) is 14.2 Å². The Labute approximate surface area is 166 Å². The molecule has 2 aliphatic rings. The van der Waals surface area contributed by atoms with Crippen LogP contribution < -0.4 is 15.2 Å². The van der Waals surface area contributed by atoms with E-state index in [1.54, 1.807) is 14.2 Å². The summed E-state index contributed by atoms with van der Waals surface area (Å²) in [5, 5.41) is 3.82. The van der Waals surface area contributed by atoms with Gasteiger partial charge in [-0.25, -0.2) is 0 Å². The number of ether oxygens (including phenoxy) is 2. The number of benzene rings is 2. The Kier molecular flexibility index (Phi) is 6.80. The van der Waals surface area contributed by atoms with Crippen LogP contribution in [0.1, 0.15) is 60.0 Å². The highest BCUT2D eigenvalue weighted by molar-refractivity contribution is 5.39. The minimum Gasteiger partial charge on any atom is -0.497 e. The van der Waals surface area contributed by atoms with Crippen LogP contribution in [-0.2, 0) is 12.8 Å². The van der Waals surface area contributed by atoms with Crippen LogP contribution in [-0.4, -0.2) is 14.2 Å². The third-order valence-corrected chi connectivity index (χ3v) is 5.53. The molecule has 28 heavy (non-hydrogen) atoms. The summed E-state index contributed by atoms with van der Waals surface area (Å²) in [5.41, 5.74) is 19.5. The van der Waals surface area contributed by atoms with Crippen molar-refractivity contribution >= 4 is 0 Å². The maximum Gasteiger partial charge on any atom is 0.119 e. The average molecular weight is 380 g/mol. The van der Waals surface area contributed by atoms with Gasteiger partial charge in [-0.15, -0.1) is 0 Å². The molecule has 2 aliphatic carbocycles. The largest absolute Gasteiger partial charge is 0.497 e. The number of nitrogens with zero attached hydrogens (tertiary/aromatic N) is 3. The lowest BCUT2D eigenvalue weighted by Crippen LogP contribution is -2.17. The Morgan fingerprint density at radius 3 is 2.11 bits per heavy atom. The summed E-state index contributed by atoms with van der Waals surface area (Å²) in [5.74, 6) is 1.81. The zero-order chi connectivity index (χ0) is 19.9. The first-order valence-electron chi connectivity index (χ1n) is 9.79. The first-order chi connectivity index (χ1) is 13.7. The molecule has 0 aromatic heterocycles. The molecule has 0 bridgehead atoms. The van der Waals surface area contributed by atoms with Gasteiger partial charge in [0.2, 0.25) is 0 Å². The molecule has 6 nitrogen and oxygen atoms in total. The first kappa shape index (κ1) is 20.1. The van der Waals surface area contributed by atoms with Crippen molar-refractivity contribution in [3.63, 3.8) is 0 Å². The number of azide groups is 1. The van der Waals surface area contributed by atoms with Crippen LogP contribution in [0.3, 0.4) is 0 Å². The highest BCUT2D eigenvalue weighted by Gasteiger charge is 2.19. The van der Waals surface area contributed by atoms with Crippen LogP contribution in [0.5, 0.6) is 11.5 Å². The van der Waals surface area contributed by atoms with Crippen LogP contribution >= 0.6 is 0 Å². The second kappa shape index (κ2) is 9.49. The van der Waals surface area contributed by atoms with Crippen molar-refractivity contribution in [3.05, 3.63) is 69.1 Å². The third-order valence-electron chi connectivity index (χ3n) is 5.53. The van der Waals surface area contributed by atoms with Gasteiger partial charge in [0.15, 0.2) is 0 Å². The predicted octanol–water partition coefficient (Wildman–Crippen LogP) is 5.41. The zero-order valence-electron chi connectivity index (χ0n) is 16.6. The van der Waals surface area contributed by atoms with E-state index in [2.05, 4.69) is 22.2 Å². The molecule has 0 heterocycles. The molecular weight excluding hydrogens is 352 g/mol. The molecule has 2 unspecified atom stereocenters. The number of methoxy groups -OCH3 is 2. The summed E-state index contributed by atoms with van der Waals surface area (Å²) < 4.78 is 10.3. The molecule has 2 aromatic rings. The van der Waals surface area contributed by atoms with Gasteiger partial charge in [0, 0.05) is 11.0 Å². The van der Waals surface area contributed by atoms with Gasteiger partial charge in [-0.05, 0) is 90.6 Å². The lowest BCUT2D eigenvalue weighted by Gasteiger charge is -2.22. The molecule has 0 aliphatic heterocycles. The molecule has 2 aromatic carbocycles. The van der Waals surface area contributed by atoms with E-state index in [-0.39, 0.29) is 12.1 Å². The van der Waals surface area contributed by atoms with Gasteiger partial charge < -0.3 is 15.2 Å². The Bertz CT molecular complexity index is 862. The minimum atomic E-state index is 0.00431. The fourth-order valence-corrected chi connectivity index (χ4v) is 4.03. The van der Waals surface area contributed by atoms with Gasteiger partial charge in [-0.3, -0.25) is 0 Å². The van der Waals surface area contributed by atoms with Crippen LogP contribution in [0.4, 0.5) is 0 Å². The molecule has 4 rings (SSSR count). The first-order valence-corrected chi connectivity index (χ1v) is 9.79. The lowest BCUT2D eigenvalue weighted by molar-refractivity contribution is 0.413. The molecule has 148 valence electrons. The van der Waals surface area contributed by atoms with Crippen molar-refractivity contribution in [2.45, 2.75) is 50.6 Å². The van der Waals surface area contributed by atoms with Crippen LogP contribution in [0.15, 0.2) is 41.5 Å². The highest BCUT2D eigenvalue weighted by atomic mass is 16.5. The molecule has 6 heteroatoms. The maximum atomic E-state index is 8.48. The van der Waals surface area contributed by atoms with E-state index in [0.717, 1.165) is 49.2 Å². The lowest BCUT2D eigenvalue weighted by atomic mass is 9.88. The van der Waals surface area contributed by atoms with Gasteiger partial charge in [-0.1, -0.05) is 17.2 Å². The van der Waals surface area contributed by atoms with E-state index in [0.29, 0.717) is 0 Å². The second-order valence-electron chi connectivity index (χ2n) is 7.24. The van der Waals surface area contributed by atoms with Crippen LogP contribution in [0, 0.1) is 0 Å². The predicted molar refractivity (Wildman–Crippen MR) is 111 cm³/mol. The molecule has 0 radical (unpaired) electrons. The number of aryl methyl sites for hydroxylation is 2. The van der Waals surface area contributed by atoms with Gasteiger partial charge in [0.25, 0.3) is 0 Å². The van der Waals surface area contributed by atoms with Crippen molar-refractivity contribution < 1.29 is 9.47 Å². The van der Waals surface area contributed by atoms with Gasteiger partial charge >= 0.3 is 0 Å². The summed E-state index contributed by atoms with van der Waals surface area (Å²) in [7, 11) is 3.36. The van der Waals surface area contributed by atoms with E-state index in [4.69, 9.17) is 20.7 Å². The van der Waals surface area contributed by atoms with Crippen LogP contribution in [0.25, 0.3) is 10.4 Å². The third kappa shape index (κ3) is 4.58. The Balaban J connectivity index is 0.000000162. The Morgan fingerprint density at radius 2 is 1.50 bits per heavy atom. The smallest absolute Gasteiger partial charge is 0.119 e. The summed E-state index contributed by atoms with van der Waals surface area (Å²) in [4.78, 5) is 2.89. The topological polar surface area (TPSA) is 93.2 Å². The summed E-state index contributed by atoms with van der Waals surface area (Å²) in [6, 6.07) is 12.4. The molecule has 0 saturated carbocycles. The molecule has 0 fully saturated rings. The number of rotatable bonds is 3. The second-order valence-corrected chi connectivity index (χ2v) is 7.24. The summed E-state index contributed by atoms with van der Waals surface area (Å²) in [6.07, 6.45) is 6.51. The fourth-order valence-electron chi connectivity index (χ4n) is 4.03. The van der Waals surface area contributed by atoms with E-state index in [1.807, 2.05) is 24.3 Å². The van der Waals surface area contributed by atoms with Gasteiger partial charge in [-0.2, -0.15) is 0 Å². The van der Waals surface area contributed by atoms with Crippen LogP contribution in [0.2, 0.25) is 0 Å². The zero-order valence-corrected chi connectivity index (χ0v) is 16.6. The number of fused-ring (bicyclic) bond motifs is 2. The summed E-state index contributed by atoms with van der Waals surface area (Å²) >= 11 is 0. The van der Waals surface area contributed by atoms with E-state index >= 15 is 0 Å². The quantitative estimate of drug-likeness (QED) is 0.438.